The van der Waals surface area contributed by atoms with E-state index in [4.69, 9.17) is 4.74 Å². The van der Waals surface area contributed by atoms with Crippen LogP contribution in [0.15, 0.2) is 65.8 Å². The molecule has 6 amide bonds. The zero-order valence-electron chi connectivity index (χ0n) is 33.6. The number of pyridine rings is 1. The summed E-state index contributed by atoms with van der Waals surface area (Å²) in [5.74, 6) is 0.538. The van der Waals surface area contributed by atoms with Crippen LogP contribution < -0.4 is 15.5 Å². The Morgan fingerprint density at radius 3 is 2.50 bits per heavy atom. The number of thioether (sulfide) groups is 1. The number of ether oxygens (including phenoxy) is 1. The van der Waals surface area contributed by atoms with Gasteiger partial charge in [-0.3, -0.25) is 39.1 Å². The zero-order valence-corrected chi connectivity index (χ0v) is 34.4. The molecule has 0 bridgehead atoms. The van der Waals surface area contributed by atoms with E-state index in [0.29, 0.717) is 94.1 Å². The van der Waals surface area contributed by atoms with Crippen LogP contribution in [0.1, 0.15) is 76.9 Å². The average molecular weight is 838 g/mol. The minimum Gasteiger partial charge on any atom is -0.371 e. The standard InChI is InChI=1S/C43H51N9O7S/c53-38(13-9-31-6-4-17-44-27-31)45-18-2-1-5-30-15-19-51(20-16-30)43(58)34-10-12-37(48-47-34)49-21-23-50(24-22-49)40(55)29-59-25-26-60-36-8-3-7-32-33(36)28-52(42(32)57)35-11-14-39(54)46-41(35)56/h3-4,6-10,12-13,17,27,30,35H,1-2,5,11,14-16,18-26,28-29H2,(H,45,53)(H,46,54,56)/b13-9+. The fraction of sp³-hybridized carbons (Fsp3) is 0.465. The van der Waals surface area contributed by atoms with Gasteiger partial charge in [-0.2, -0.15) is 0 Å². The first-order chi connectivity index (χ1) is 29.2. The van der Waals surface area contributed by atoms with Gasteiger partial charge in [0, 0.05) is 93.5 Å². The number of likely N-dealkylation sites (tertiary alicyclic amines) is 1. The Balaban J connectivity index is 0.751. The molecule has 316 valence electrons. The zero-order chi connectivity index (χ0) is 41.8. The van der Waals surface area contributed by atoms with Crippen LogP contribution >= 0.6 is 11.8 Å². The molecule has 2 aromatic heterocycles. The van der Waals surface area contributed by atoms with Crippen LogP contribution in [0.4, 0.5) is 5.82 Å². The van der Waals surface area contributed by atoms with Crippen molar-refractivity contribution in [3.63, 3.8) is 0 Å². The quantitative estimate of drug-likeness (QED) is 0.0932. The van der Waals surface area contributed by atoms with E-state index >= 15 is 0 Å². The first-order valence-corrected chi connectivity index (χ1v) is 21.7. The number of nitrogens with zero attached hydrogens (tertiary/aromatic N) is 7. The van der Waals surface area contributed by atoms with Gasteiger partial charge in [-0.1, -0.05) is 25.0 Å². The van der Waals surface area contributed by atoms with E-state index in [-0.39, 0.29) is 42.6 Å². The number of imide groups is 1. The number of carbonyl (C=O) groups is 6. The van der Waals surface area contributed by atoms with Crippen molar-refractivity contribution in [2.75, 3.05) is 69.7 Å². The number of anilines is 1. The molecule has 7 rings (SSSR count). The van der Waals surface area contributed by atoms with Gasteiger partial charge < -0.3 is 29.7 Å². The van der Waals surface area contributed by atoms with Crippen molar-refractivity contribution in [3.8, 4) is 0 Å². The summed E-state index contributed by atoms with van der Waals surface area (Å²) in [6.07, 6.45) is 12.1. The molecule has 3 fully saturated rings. The second-order valence-electron chi connectivity index (χ2n) is 15.4. The molecule has 3 saturated heterocycles. The van der Waals surface area contributed by atoms with Crippen LogP contribution in [0.5, 0.6) is 0 Å². The lowest BCUT2D eigenvalue weighted by atomic mass is 9.91. The maximum atomic E-state index is 13.2. The van der Waals surface area contributed by atoms with Gasteiger partial charge in [0.1, 0.15) is 12.6 Å². The number of hydrogen-bond donors (Lipinski definition) is 2. The molecule has 1 unspecified atom stereocenters. The highest BCUT2D eigenvalue weighted by atomic mass is 32.2. The van der Waals surface area contributed by atoms with Crippen molar-refractivity contribution in [2.24, 2.45) is 5.92 Å². The number of hydrogen-bond acceptors (Lipinski definition) is 12. The number of aromatic nitrogens is 3. The predicted octanol–water partition coefficient (Wildman–Crippen LogP) is 2.94. The number of fused-ring (bicyclic) bond motifs is 1. The number of rotatable bonds is 16. The molecule has 0 spiro atoms. The minimum atomic E-state index is -0.662. The predicted molar refractivity (Wildman–Crippen MR) is 224 cm³/mol. The molecule has 2 N–H and O–H groups in total. The summed E-state index contributed by atoms with van der Waals surface area (Å²) in [6.45, 7) is 4.82. The average Bonchev–Trinajstić information content (AvgIpc) is 3.61. The van der Waals surface area contributed by atoms with Crippen molar-refractivity contribution >= 4 is 59.1 Å². The van der Waals surface area contributed by atoms with Crippen molar-refractivity contribution in [2.45, 2.75) is 62.4 Å². The summed E-state index contributed by atoms with van der Waals surface area (Å²) in [7, 11) is 0. The summed E-state index contributed by atoms with van der Waals surface area (Å²) >= 11 is 1.54. The molecule has 4 aliphatic rings. The van der Waals surface area contributed by atoms with Crippen molar-refractivity contribution in [1.82, 2.24) is 40.5 Å². The molecule has 16 nitrogen and oxygen atoms in total. The number of unbranched alkanes of at least 4 members (excludes halogenated alkanes) is 1. The fourth-order valence-corrected chi connectivity index (χ4v) is 8.95. The molecule has 1 atom stereocenters. The lowest BCUT2D eigenvalue weighted by Gasteiger charge is -2.35. The maximum absolute atomic E-state index is 13.2. The number of nitrogens with one attached hydrogen (secondary N) is 2. The monoisotopic (exact) mass is 837 g/mol. The van der Waals surface area contributed by atoms with Gasteiger partial charge in [-0.25, -0.2) is 0 Å². The van der Waals surface area contributed by atoms with E-state index in [1.165, 1.54) is 17.8 Å². The third-order valence-electron chi connectivity index (χ3n) is 11.4. The van der Waals surface area contributed by atoms with Crippen LogP contribution in [0.2, 0.25) is 0 Å². The van der Waals surface area contributed by atoms with E-state index in [1.54, 1.807) is 40.4 Å². The highest BCUT2D eigenvalue weighted by molar-refractivity contribution is 7.99. The summed E-state index contributed by atoms with van der Waals surface area (Å²) < 4.78 is 5.74. The topological polar surface area (TPSA) is 187 Å². The number of amides is 6. The SMILES string of the molecule is O=C(/C=C/c1cccnc1)NCCCCC1CCN(C(=O)c2ccc(N3CCN(C(=O)COCCSc4cccc5c4CN(C4CCC(=O)NC4=O)C5=O)CC3)nn2)CC1. The van der Waals surface area contributed by atoms with E-state index < -0.39 is 11.9 Å². The van der Waals surface area contributed by atoms with Gasteiger partial charge in [-0.15, -0.1) is 22.0 Å². The van der Waals surface area contributed by atoms with Crippen LogP contribution in [0, 0.1) is 5.92 Å². The number of piperidine rings is 2. The van der Waals surface area contributed by atoms with Crippen LogP contribution in [-0.2, 0) is 30.5 Å². The largest absolute Gasteiger partial charge is 0.371 e. The smallest absolute Gasteiger partial charge is 0.274 e. The molecule has 0 saturated carbocycles. The van der Waals surface area contributed by atoms with Crippen molar-refractivity contribution in [3.05, 3.63) is 83.3 Å². The van der Waals surface area contributed by atoms with Gasteiger partial charge in [0.25, 0.3) is 11.8 Å². The molecule has 17 heteroatoms. The van der Waals surface area contributed by atoms with Crippen molar-refractivity contribution in [1.29, 1.82) is 0 Å². The Morgan fingerprint density at radius 2 is 1.75 bits per heavy atom. The summed E-state index contributed by atoms with van der Waals surface area (Å²) in [5.41, 5.74) is 2.64. The van der Waals surface area contributed by atoms with Crippen LogP contribution in [-0.4, -0.2) is 136 Å². The molecule has 1 aromatic carbocycles. The third-order valence-corrected chi connectivity index (χ3v) is 12.5. The normalized spacial score (nSPS) is 18.5. The first kappa shape index (κ1) is 42.4. The maximum Gasteiger partial charge on any atom is 0.274 e. The Kier molecular flexibility index (Phi) is 14.5. The Morgan fingerprint density at radius 1 is 0.917 bits per heavy atom. The Bertz CT molecular complexity index is 2050. The second kappa shape index (κ2) is 20.5. The van der Waals surface area contributed by atoms with Crippen molar-refractivity contribution < 1.29 is 33.5 Å². The highest BCUT2D eigenvalue weighted by Gasteiger charge is 2.40. The molecule has 0 aliphatic carbocycles. The summed E-state index contributed by atoms with van der Waals surface area (Å²) in [5, 5.41) is 13.9. The first-order valence-electron chi connectivity index (χ1n) is 20.7. The lowest BCUT2D eigenvalue weighted by molar-refractivity contribution is -0.137. The van der Waals surface area contributed by atoms with E-state index in [1.807, 2.05) is 35.2 Å². The molecule has 6 heterocycles. The Hall–Kier alpha value is -5.68. The van der Waals surface area contributed by atoms with Gasteiger partial charge in [0.05, 0.1) is 6.61 Å². The van der Waals surface area contributed by atoms with Gasteiger partial charge >= 0.3 is 0 Å². The lowest BCUT2D eigenvalue weighted by Crippen LogP contribution is -2.52. The number of carbonyl (C=O) groups excluding carboxylic acids is 6. The molecule has 60 heavy (non-hydrogen) atoms. The van der Waals surface area contributed by atoms with E-state index in [2.05, 4.69) is 30.7 Å². The van der Waals surface area contributed by atoms with E-state index in [0.717, 1.165) is 48.1 Å². The number of piperazine rings is 1. The summed E-state index contributed by atoms with van der Waals surface area (Å²) in [4.78, 5) is 87.6. The van der Waals surface area contributed by atoms with E-state index in [9.17, 15) is 28.8 Å². The summed E-state index contributed by atoms with van der Waals surface area (Å²) in [6, 6.07) is 12.1. The molecular formula is C43H51N9O7S. The van der Waals surface area contributed by atoms with Gasteiger partial charge in [0.2, 0.25) is 23.6 Å². The molecular weight excluding hydrogens is 787 g/mol. The van der Waals surface area contributed by atoms with Crippen LogP contribution in [0.3, 0.4) is 0 Å². The van der Waals surface area contributed by atoms with Gasteiger partial charge in [-0.05, 0) is 79.1 Å². The van der Waals surface area contributed by atoms with Crippen LogP contribution in [0.25, 0.3) is 6.08 Å². The highest BCUT2D eigenvalue weighted by Crippen LogP contribution is 2.34. The second-order valence-corrected chi connectivity index (χ2v) is 16.5. The molecule has 3 aromatic rings. The minimum absolute atomic E-state index is 0.0326. The molecule has 4 aliphatic heterocycles. The van der Waals surface area contributed by atoms with Gasteiger partial charge in [0.15, 0.2) is 11.5 Å². The third kappa shape index (κ3) is 10.9. The Labute approximate surface area is 353 Å². The fourth-order valence-electron chi connectivity index (χ4n) is 8.01. The molecule has 0 radical (unpaired) electrons. The number of benzene rings is 1.